The van der Waals surface area contributed by atoms with Crippen LogP contribution in [0.1, 0.15) is 23.2 Å². The summed E-state index contributed by atoms with van der Waals surface area (Å²) < 4.78 is 1.65. The van der Waals surface area contributed by atoms with Gasteiger partial charge in [0.1, 0.15) is 11.9 Å². The van der Waals surface area contributed by atoms with E-state index in [0.717, 1.165) is 16.5 Å². The molecule has 0 saturated heterocycles. The number of nitrogens with zero attached hydrogens (tertiary/aromatic N) is 2. The lowest BCUT2D eigenvalue weighted by molar-refractivity contribution is -0.121. The number of hydrogen-bond donors (Lipinski definition) is 2. The molecule has 2 N–H and O–H groups in total. The minimum absolute atomic E-state index is 0.103. The van der Waals surface area contributed by atoms with E-state index >= 15 is 0 Å². The normalized spacial score (nSPS) is 15.2. The minimum atomic E-state index is -0.501. The van der Waals surface area contributed by atoms with Crippen LogP contribution in [0.25, 0.3) is 10.9 Å². The number of para-hydroxylation sites is 1. The number of amides is 1. The van der Waals surface area contributed by atoms with Crippen LogP contribution in [-0.4, -0.2) is 34.0 Å². The number of benzene rings is 2. The zero-order valence-electron chi connectivity index (χ0n) is 15.5. The third kappa shape index (κ3) is 4.02. The molecule has 3 aromatic rings. The molecule has 0 fully saturated rings. The van der Waals surface area contributed by atoms with Gasteiger partial charge in [0, 0.05) is 23.4 Å². The highest BCUT2D eigenvalue weighted by Gasteiger charge is 2.31. The maximum Gasteiger partial charge on any atom is 0.257 e. The molecule has 0 spiro atoms. The Labute approximate surface area is 177 Å². The van der Waals surface area contributed by atoms with Crippen LogP contribution < -0.4 is 10.6 Å². The minimum Gasteiger partial charge on any atom is -0.359 e. The first-order valence-electron chi connectivity index (χ1n) is 9.37. The average molecular weight is 427 g/mol. The summed E-state index contributed by atoms with van der Waals surface area (Å²) in [5, 5.41) is 7.63. The summed E-state index contributed by atoms with van der Waals surface area (Å²) in [4.78, 5) is 29.3. The predicted octanol–water partition coefficient (Wildman–Crippen LogP) is 3.99. The van der Waals surface area contributed by atoms with Crippen molar-refractivity contribution in [2.45, 2.75) is 25.3 Å². The molecule has 2 heterocycles. The number of hydrogen-bond acceptors (Lipinski definition) is 5. The van der Waals surface area contributed by atoms with Gasteiger partial charge in [-0.1, -0.05) is 41.9 Å². The lowest BCUT2D eigenvalue weighted by Crippen LogP contribution is -2.30. The van der Waals surface area contributed by atoms with Gasteiger partial charge in [-0.15, -0.1) is 0 Å². The molecule has 0 saturated carbocycles. The second-order valence-electron chi connectivity index (χ2n) is 6.86. The smallest absolute Gasteiger partial charge is 0.257 e. The second-order valence-corrected chi connectivity index (χ2v) is 7.63. The van der Waals surface area contributed by atoms with Gasteiger partial charge in [-0.2, -0.15) is 0 Å². The second kappa shape index (κ2) is 8.31. The van der Waals surface area contributed by atoms with Crippen molar-refractivity contribution in [2.24, 2.45) is 0 Å². The fourth-order valence-electron chi connectivity index (χ4n) is 3.47. The van der Waals surface area contributed by atoms with Gasteiger partial charge < -0.3 is 10.6 Å². The lowest BCUT2D eigenvalue weighted by atomic mass is 10.1. The van der Waals surface area contributed by atoms with E-state index in [-0.39, 0.29) is 23.0 Å². The van der Waals surface area contributed by atoms with Gasteiger partial charge in [0.25, 0.3) is 5.91 Å². The number of aromatic nitrogens is 2. The Morgan fingerprint density at radius 2 is 1.97 bits per heavy atom. The molecule has 1 amide bonds. The SMILES string of the molecule is O=C(CC[C@@H]1Nc2c3ccccc3nc(=S)n2C1=O)NCCc1ccccc1Cl. The molecule has 1 atom stereocenters. The molecule has 2 aromatic carbocycles. The Bertz CT molecular complexity index is 1160. The largest absolute Gasteiger partial charge is 0.359 e. The van der Waals surface area contributed by atoms with E-state index in [4.69, 9.17) is 23.8 Å². The van der Waals surface area contributed by atoms with Crippen LogP contribution in [0, 0.1) is 4.77 Å². The summed E-state index contributed by atoms with van der Waals surface area (Å²) in [6.07, 6.45) is 1.27. The molecule has 1 aromatic heterocycles. The Balaban J connectivity index is 1.36. The van der Waals surface area contributed by atoms with E-state index in [9.17, 15) is 9.59 Å². The third-order valence-corrected chi connectivity index (χ3v) is 5.60. The first-order valence-corrected chi connectivity index (χ1v) is 10.2. The maximum atomic E-state index is 12.8. The first kappa shape index (κ1) is 19.5. The van der Waals surface area contributed by atoms with Crippen LogP contribution in [0.3, 0.4) is 0 Å². The maximum absolute atomic E-state index is 12.8. The molecule has 0 radical (unpaired) electrons. The topological polar surface area (TPSA) is 76.0 Å². The molecule has 0 aliphatic carbocycles. The summed E-state index contributed by atoms with van der Waals surface area (Å²) in [6, 6.07) is 14.6. The lowest BCUT2D eigenvalue weighted by Gasteiger charge is -2.10. The summed E-state index contributed by atoms with van der Waals surface area (Å²) in [6.45, 7) is 0.494. The van der Waals surface area contributed by atoms with E-state index in [1.54, 1.807) is 0 Å². The van der Waals surface area contributed by atoms with Crippen LogP contribution in [0.5, 0.6) is 0 Å². The van der Waals surface area contributed by atoms with Crippen LogP contribution in [0.2, 0.25) is 5.02 Å². The molecule has 0 bridgehead atoms. The Morgan fingerprint density at radius 1 is 1.21 bits per heavy atom. The number of rotatable bonds is 6. The zero-order valence-corrected chi connectivity index (χ0v) is 17.1. The van der Waals surface area contributed by atoms with Crippen molar-refractivity contribution >= 4 is 52.4 Å². The van der Waals surface area contributed by atoms with Crippen molar-refractivity contribution in [1.82, 2.24) is 14.9 Å². The highest BCUT2D eigenvalue weighted by molar-refractivity contribution is 7.71. The summed E-state index contributed by atoms with van der Waals surface area (Å²) >= 11 is 11.4. The molecule has 1 aliphatic heterocycles. The molecular formula is C21H19ClN4O2S. The van der Waals surface area contributed by atoms with Crippen molar-refractivity contribution in [2.75, 3.05) is 11.9 Å². The first-order chi connectivity index (χ1) is 14.0. The van der Waals surface area contributed by atoms with E-state index in [1.165, 1.54) is 4.57 Å². The summed E-state index contributed by atoms with van der Waals surface area (Å²) in [7, 11) is 0. The van der Waals surface area contributed by atoms with E-state index in [0.29, 0.717) is 30.2 Å². The molecule has 1 aliphatic rings. The van der Waals surface area contributed by atoms with Gasteiger partial charge in [0.05, 0.1) is 5.52 Å². The molecular weight excluding hydrogens is 408 g/mol. The fraction of sp³-hybridized carbons (Fsp3) is 0.238. The van der Waals surface area contributed by atoms with Gasteiger partial charge in [0.2, 0.25) is 10.7 Å². The van der Waals surface area contributed by atoms with Crippen LogP contribution in [-0.2, 0) is 11.2 Å². The highest BCUT2D eigenvalue weighted by Crippen LogP contribution is 2.29. The van der Waals surface area contributed by atoms with E-state index in [1.807, 2.05) is 48.5 Å². The molecule has 29 heavy (non-hydrogen) atoms. The standard InChI is InChI=1S/C21H19ClN4O2S/c22-15-7-3-1-5-13(15)11-12-23-18(27)10-9-17-20(28)26-19(24-17)14-6-2-4-8-16(14)25-21(26)29/h1-8,17,24H,9-12H2,(H,23,27)/t17-/m0/s1. The van der Waals surface area contributed by atoms with Crippen molar-refractivity contribution in [3.05, 3.63) is 63.9 Å². The summed E-state index contributed by atoms with van der Waals surface area (Å²) in [5.74, 6) is 0.371. The zero-order chi connectivity index (χ0) is 20.4. The monoisotopic (exact) mass is 426 g/mol. The van der Waals surface area contributed by atoms with Crippen molar-refractivity contribution < 1.29 is 9.59 Å². The van der Waals surface area contributed by atoms with Crippen molar-refractivity contribution in [3.63, 3.8) is 0 Å². The Hall–Kier alpha value is -2.77. The molecule has 148 valence electrons. The molecule has 0 unspecified atom stereocenters. The number of fused-ring (bicyclic) bond motifs is 3. The van der Waals surface area contributed by atoms with E-state index in [2.05, 4.69) is 15.6 Å². The van der Waals surface area contributed by atoms with Gasteiger partial charge in [0.15, 0.2) is 0 Å². The van der Waals surface area contributed by atoms with Crippen LogP contribution in [0.15, 0.2) is 48.5 Å². The highest BCUT2D eigenvalue weighted by atomic mass is 35.5. The number of carbonyl (C=O) groups is 2. The van der Waals surface area contributed by atoms with Crippen LogP contribution >= 0.6 is 23.8 Å². The van der Waals surface area contributed by atoms with E-state index < -0.39 is 6.04 Å². The van der Waals surface area contributed by atoms with Crippen molar-refractivity contribution in [3.8, 4) is 0 Å². The number of anilines is 1. The number of carbonyl (C=O) groups excluding carboxylic acids is 2. The van der Waals surface area contributed by atoms with Gasteiger partial charge in [-0.25, -0.2) is 9.55 Å². The van der Waals surface area contributed by atoms with Crippen LogP contribution in [0.4, 0.5) is 5.82 Å². The van der Waals surface area contributed by atoms with Gasteiger partial charge in [-0.05, 0) is 48.8 Å². The Kier molecular flexibility index (Phi) is 5.60. The van der Waals surface area contributed by atoms with Gasteiger partial charge >= 0.3 is 0 Å². The third-order valence-electron chi connectivity index (χ3n) is 4.95. The van der Waals surface area contributed by atoms with Gasteiger partial charge in [-0.3, -0.25) is 9.59 Å². The summed E-state index contributed by atoms with van der Waals surface area (Å²) in [5.41, 5.74) is 1.73. The van der Waals surface area contributed by atoms with Crippen molar-refractivity contribution in [1.29, 1.82) is 0 Å². The predicted molar refractivity (Wildman–Crippen MR) is 116 cm³/mol. The molecule has 4 rings (SSSR count). The fourth-order valence-corrected chi connectivity index (χ4v) is 3.98. The number of nitrogens with one attached hydrogen (secondary N) is 2. The average Bonchev–Trinajstić information content (AvgIpc) is 3.05. The quantitative estimate of drug-likeness (QED) is 0.583. The molecule has 8 heteroatoms. The number of halogens is 1. The molecule has 6 nitrogen and oxygen atoms in total. The Morgan fingerprint density at radius 3 is 2.79 bits per heavy atom.